The maximum absolute atomic E-state index is 12.3. The molecule has 0 aliphatic carbocycles. The minimum atomic E-state index is -1.20. The van der Waals surface area contributed by atoms with Crippen LogP contribution in [0.25, 0.3) is 0 Å². The van der Waals surface area contributed by atoms with Gasteiger partial charge in [0.05, 0.1) is 39.6 Å². The number of hydrogen-bond donors (Lipinski definition) is 1. The third-order valence-electron chi connectivity index (χ3n) is 10.8. The second kappa shape index (κ2) is 22.7. The highest BCUT2D eigenvalue weighted by atomic mass is 16.8. The van der Waals surface area contributed by atoms with Crippen molar-refractivity contribution in [3.05, 3.63) is 144 Å². The quantitative estimate of drug-likeness (QED) is 0.155. The van der Waals surface area contributed by atoms with E-state index >= 15 is 0 Å². The van der Waals surface area contributed by atoms with Gasteiger partial charge >= 0.3 is 0 Å². The molecule has 0 radical (unpaired) electrons. The number of fused-ring (bicyclic) bond motifs is 11. The lowest BCUT2D eigenvalue weighted by Crippen LogP contribution is -2.66. The highest BCUT2D eigenvalue weighted by Gasteiger charge is 2.54. The Balaban J connectivity index is 1.23. The molecule has 4 aromatic carbocycles. The normalized spacial score (nSPS) is 30.0. The van der Waals surface area contributed by atoms with Gasteiger partial charge in [0.25, 0.3) is 0 Å². The van der Waals surface area contributed by atoms with Crippen LogP contribution in [0.15, 0.2) is 121 Å². The summed E-state index contributed by atoms with van der Waals surface area (Å²) in [6.07, 6.45) is -4.76. The summed E-state index contributed by atoms with van der Waals surface area (Å²) in [4.78, 5) is 0. The first-order valence-corrected chi connectivity index (χ1v) is 20.6. The number of aliphatic hydroxyl groups is 1. The lowest BCUT2D eigenvalue weighted by molar-refractivity contribution is -0.378. The molecule has 1 N–H and O–H groups in total. The molecule has 0 saturated carbocycles. The zero-order chi connectivity index (χ0) is 39.8. The summed E-state index contributed by atoms with van der Waals surface area (Å²) < 4.78 is 65.6. The Bertz CT molecular complexity index is 1700. The lowest BCUT2D eigenvalue weighted by atomic mass is 9.96. The molecule has 4 aliphatic heterocycles. The van der Waals surface area contributed by atoms with Crippen LogP contribution in [-0.2, 0) is 73.8 Å². The standard InChI is InChI=1S/C47H58O11/c1-49-46-43-40(48)41(52-28-34-18-8-4-9-19-34)38(56-46)32-50-26-16-2-3-17-27-51-33-39-42(53-29-35-20-10-5-11-21-35)44(54-30-36-22-12-6-13-23-36)45(47(57-39)58-43)55-31-37-24-14-7-15-25-37/h4-15,18-25,38-48H,2-3,16-17,26-33H2,1H3/t38-,39-,40+,41-,42+,43+,44+,45-,46+,47-/m1/s1. The van der Waals surface area contributed by atoms with Crippen molar-refractivity contribution in [3.63, 3.8) is 0 Å². The fourth-order valence-electron chi connectivity index (χ4n) is 7.64. The highest BCUT2D eigenvalue weighted by Crippen LogP contribution is 2.35. The molecule has 4 saturated heterocycles. The molecule has 0 spiro atoms. The second-order valence-electron chi connectivity index (χ2n) is 15.0. The molecular weight excluding hydrogens is 741 g/mol. The van der Waals surface area contributed by atoms with Gasteiger partial charge in [-0.1, -0.05) is 134 Å². The van der Waals surface area contributed by atoms with Gasteiger partial charge in [-0.15, -0.1) is 0 Å². The summed E-state index contributed by atoms with van der Waals surface area (Å²) in [6, 6.07) is 39.8. The van der Waals surface area contributed by atoms with E-state index < -0.39 is 61.4 Å². The van der Waals surface area contributed by atoms with Crippen LogP contribution in [0, 0.1) is 0 Å². The van der Waals surface area contributed by atoms with Crippen LogP contribution in [0.5, 0.6) is 0 Å². The topological polar surface area (TPSA) is 113 Å². The first-order valence-electron chi connectivity index (χ1n) is 20.6. The van der Waals surface area contributed by atoms with Crippen molar-refractivity contribution in [2.24, 2.45) is 0 Å². The van der Waals surface area contributed by atoms with Crippen molar-refractivity contribution < 1.29 is 52.5 Å². The summed E-state index contributed by atoms with van der Waals surface area (Å²) in [5, 5.41) is 12.3. The average Bonchev–Trinajstić information content (AvgIpc) is 3.27. The van der Waals surface area contributed by atoms with Crippen molar-refractivity contribution in [2.45, 2.75) is 114 Å². The number of benzene rings is 4. The van der Waals surface area contributed by atoms with E-state index in [2.05, 4.69) is 0 Å². The summed E-state index contributed by atoms with van der Waals surface area (Å²) in [5.41, 5.74) is 3.93. The Labute approximate surface area is 342 Å². The molecule has 4 bridgehead atoms. The van der Waals surface area contributed by atoms with E-state index in [1.165, 1.54) is 7.11 Å². The Morgan fingerprint density at radius 3 is 1.36 bits per heavy atom. The molecule has 11 heteroatoms. The molecule has 0 unspecified atom stereocenters. The summed E-state index contributed by atoms with van der Waals surface area (Å²) >= 11 is 0. The number of hydrogen-bond acceptors (Lipinski definition) is 11. The van der Waals surface area contributed by atoms with Gasteiger partial charge in [-0.05, 0) is 35.1 Å². The van der Waals surface area contributed by atoms with Crippen molar-refractivity contribution in [1.82, 2.24) is 0 Å². The first kappa shape index (κ1) is 42.6. The van der Waals surface area contributed by atoms with E-state index in [4.69, 9.17) is 47.4 Å². The molecule has 0 aromatic heterocycles. The fraction of sp³-hybridized carbons (Fsp3) is 0.489. The summed E-state index contributed by atoms with van der Waals surface area (Å²) in [6.45, 7) is 2.66. The largest absolute Gasteiger partial charge is 0.387 e. The van der Waals surface area contributed by atoms with E-state index in [9.17, 15) is 5.11 Å². The van der Waals surface area contributed by atoms with Crippen LogP contribution in [-0.4, -0.2) is 100 Å². The highest BCUT2D eigenvalue weighted by molar-refractivity contribution is 5.16. The molecule has 10 atom stereocenters. The molecule has 4 fully saturated rings. The van der Waals surface area contributed by atoms with Gasteiger partial charge < -0.3 is 52.5 Å². The van der Waals surface area contributed by atoms with Crippen molar-refractivity contribution in [2.75, 3.05) is 33.5 Å². The van der Waals surface area contributed by atoms with Gasteiger partial charge in [0, 0.05) is 20.3 Å². The predicted molar refractivity (Wildman–Crippen MR) is 215 cm³/mol. The Hall–Kier alpha value is -3.56. The van der Waals surface area contributed by atoms with Crippen LogP contribution in [0.3, 0.4) is 0 Å². The van der Waals surface area contributed by atoms with Gasteiger partial charge in [0.2, 0.25) is 0 Å². The molecular formula is C47H58O11. The van der Waals surface area contributed by atoms with Crippen LogP contribution >= 0.6 is 0 Å². The zero-order valence-electron chi connectivity index (χ0n) is 33.3. The van der Waals surface area contributed by atoms with E-state index in [1.54, 1.807) is 0 Å². The molecule has 11 nitrogen and oxygen atoms in total. The van der Waals surface area contributed by atoms with Crippen LogP contribution in [0.4, 0.5) is 0 Å². The Morgan fingerprint density at radius 2 is 0.897 bits per heavy atom. The molecule has 312 valence electrons. The molecule has 8 rings (SSSR count). The molecule has 58 heavy (non-hydrogen) atoms. The number of aliphatic hydroxyl groups excluding tert-OH is 1. The van der Waals surface area contributed by atoms with Gasteiger partial charge in [0.1, 0.15) is 48.8 Å². The van der Waals surface area contributed by atoms with Crippen LogP contribution < -0.4 is 0 Å². The van der Waals surface area contributed by atoms with Crippen molar-refractivity contribution >= 4 is 0 Å². The van der Waals surface area contributed by atoms with E-state index in [-0.39, 0.29) is 33.0 Å². The Kier molecular flexibility index (Phi) is 16.7. The van der Waals surface area contributed by atoms with E-state index in [0.717, 1.165) is 47.9 Å². The zero-order valence-corrected chi connectivity index (χ0v) is 33.3. The number of methoxy groups -OCH3 is 1. The van der Waals surface area contributed by atoms with Crippen LogP contribution in [0.2, 0.25) is 0 Å². The van der Waals surface area contributed by atoms with Crippen LogP contribution in [0.1, 0.15) is 47.9 Å². The minimum Gasteiger partial charge on any atom is -0.387 e. The summed E-state index contributed by atoms with van der Waals surface area (Å²) in [5.74, 6) is 0. The minimum absolute atomic E-state index is 0.215. The molecule has 4 aromatic rings. The third-order valence-corrected chi connectivity index (χ3v) is 10.8. The fourth-order valence-corrected chi connectivity index (χ4v) is 7.64. The second-order valence-corrected chi connectivity index (χ2v) is 15.0. The Morgan fingerprint density at radius 1 is 0.483 bits per heavy atom. The maximum Gasteiger partial charge on any atom is 0.187 e. The molecule has 4 aliphatic rings. The smallest absolute Gasteiger partial charge is 0.187 e. The lowest BCUT2D eigenvalue weighted by Gasteiger charge is -2.49. The summed E-state index contributed by atoms with van der Waals surface area (Å²) in [7, 11) is 1.53. The monoisotopic (exact) mass is 798 g/mol. The van der Waals surface area contributed by atoms with Gasteiger partial charge in [-0.25, -0.2) is 0 Å². The third kappa shape index (κ3) is 12.0. The van der Waals surface area contributed by atoms with Gasteiger partial charge in [0.15, 0.2) is 12.6 Å². The van der Waals surface area contributed by atoms with Gasteiger partial charge in [-0.2, -0.15) is 0 Å². The van der Waals surface area contributed by atoms with E-state index in [0.29, 0.717) is 19.8 Å². The van der Waals surface area contributed by atoms with Crippen molar-refractivity contribution in [1.29, 1.82) is 0 Å². The number of ether oxygens (including phenoxy) is 10. The number of rotatable bonds is 13. The first-order chi connectivity index (χ1) is 28.7. The average molecular weight is 799 g/mol. The van der Waals surface area contributed by atoms with Crippen molar-refractivity contribution in [3.8, 4) is 0 Å². The SMILES string of the molecule is CO[C@H]1O[C@@H]2COCCCCCCOC[C@H]3O[C@H](O[C@H]1[C@@H](O)[C@@H]2OCc1ccccc1)[C@H](OCc1ccccc1)[C@@H](OCc1ccccc1)[C@H]3OCc1ccccc1. The molecule has 0 amide bonds. The molecule has 4 heterocycles. The predicted octanol–water partition coefficient (Wildman–Crippen LogP) is 6.78. The maximum atomic E-state index is 12.3. The van der Waals surface area contributed by atoms with Gasteiger partial charge in [-0.3, -0.25) is 0 Å². The van der Waals surface area contributed by atoms with E-state index in [1.807, 2.05) is 121 Å².